The summed E-state index contributed by atoms with van der Waals surface area (Å²) in [6, 6.07) is 12.1. The number of alkyl halides is 3. The lowest BCUT2D eigenvalue weighted by molar-refractivity contribution is -0.274. The summed E-state index contributed by atoms with van der Waals surface area (Å²) in [5, 5.41) is 20.4. The van der Waals surface area contributed by atoms with Gasteiger partial charge in [0.25, 0.3) is 0 Å². The zero-order valence-corrected chi connectivity index (χ0v) is 16.3. The molecule has 0 aliphatic rings. The Morgan fingerprint density at radius 2 is 1.73 bits per heavy atom. The number of thioether (sulfide) groups is 1. The molecular formula is C17H10ClF3N6O2S. The lowest BCUT2D eigenvalue weighted by Crippen LogP contribution is -2.17. The van der Waals surface area contributed by atoms with E-state index >= 15 is 0 Å². The Labute approximate surface area is 176 Å². The Kier molecular flexibility index (Phi) is 5.59. The molecule has 0 spiro atoms. The molecule has 0 saturated heterocycles. The summed E-state index contributed by atoms with van der Waals surface area (Å²) in [7, 11) is 0. The summed E-state index contributed by atoms with van der Waals surface area (Å²) >= 11 is 7.09. The van der Waals surface area contributed by atoms with E-state index in [9.17, 15) is 13.2 Å². The van der Waals surface area contributed by atoms with E-state index in [1.807, 2.05) is 0 Å². The fourth-order valence-electron chi connectivity index (χ4n) is 2.37. The molecule has 4 rings (SSSR count). The van der Waals surface area contributed by atoms with Crippen LogP contribution in [0.25, 0.3) is 17.1 Å². The molecule has 0 atom stereocenters. The quantitative estimate of drug-likeness (QED) is 0.392. The highest BCUT2D eigenvalue weighted by Crippen LogP contribution is 2.27. The highest BCUT2D eigenvalue weighted by molar-refractivity contribution is 7.98. The molecule has 8 nitrogen and oxygen atoms in total. The highest BCUT2D eigenvalue weighted by Gasteiger charge is 2.31. The first-order valence-corrected chi connectivity index (χ1v) is 9.59. The van der Waals surface area contributed by atoms with Gasteiger partial charge in [-0.15, -0.1) is 28.5 Å². The van der Waals surface area contributed by atoms with Crippen molar-refractivity contribution in [3.05, 3.63) is 59.4 Å². The van der Waals surface area contributed by atoms with Crippen LogP contribution in [0, 0.1) is 0 Å². The van der Waals surface area contributed by atoms with Gasteiger partial charge in [-0.2, -0.15) is 4.68 Å². The second-order valence-electron chi connectivity index (χ2n) is 5.71. The summed E-state index contributed by atoms with van der Waals surface area (Å²) in [4.78, 5) is 0. The van der Waals surface area contributed by atoms with Crippen LogP contribution in [-0.2, 0) is 5.75 Å². The SMILES string of the molecule is FC(F)(F)Oc1ccc(-n2nnnc2SCc2nnc(-c3ccc(Cl)cc3)o2)cc1. The van der Waals surface area contributed by atoms with Crippen molar-refractivity contribution in [3.8, 4) is 22.9 Å². The Hall–Kier alpha value is -3.12. The molecule has 0 saturated carbocycles. The Morgan fingerprint density at radius 1 is 1.00 bits per heavy atom. The van der Waals surface area contributed by atoms with Gasteiger partial charge in [0.2, 0.25) is 16.9 Å². The minimum Gasteiger partial charge on any atom is -0.420 e. The molecule has 154 valence electrons. The maximum absolute atomic E-state index is 12.3. The van der Waals surface area contributed by atoms with Crippen molar-refractivity contribution in [3.63, 3.8) is 0 Å². The van der Waals surface area contributed by atoms with Gasteiger partial charge in [-0.3, -0.25) is 0 Å². The average molecular weight is 455 g/mol. The summed E-state index contributed by atoms with van der Waals surface area (Å²) in [6.07, 6.45) is -4.76. The Morgan fingerprint density at radius 3 is 2.43 bits per heavy atom. The number of aromatic nitrogens is 6. The van der Waals surface area contributed by atoms with Gasteiger partial charge in [0.15, 0.2) is 0 Å². The van der Waals surface area contributed by atoms with E-state index in [2.05, 4.69) is 30.5 Å². The number of ether oxygens (including phenoxy) is 1. The monoisotopic (exact) mass is 454 g/mol. The van der Waals surface area contributed by atoms with Gasteiger partial charge in [-0.1, -0.05) is 23.4 Å². The third-order valence-corrected chi connectivity index (χ3v) is 4.79. The van der Waals surface area contributed by atoms with Crippen LogP contribution in [0.5, 0.6) is 5.75 Å². The number of halogens is 4. The van der Waals surface area contributed by atoms with Crippen molar-refractivity contribution in [1.29, 1.82) is 0 Å². The molecule has 0 aliphatic heterocycles. The zero-order chi connectivity index (χ0) is 21.1. The Bertz CT molecular complexity index is 1130. The number of benzene rings is 2. The third kappa shape index (κ3) is 4.89. The van der Waals surface area contributed by atoms with E-state index in [1.165, 1.54) is 40.7 Å². The van der Waals surface area contributed by atoms with E-state index in [-0.39, 0.29) is 11.5 Å². The van der Waals surface area contributed by atoms with E-state index in [0.29, 0.717) is 27.6 Å². The highest BCUT2D eigenvalue weighted by atomic mass is 35.5. The minimum atomic E-state index is -4.76. The van der Waals surface area contributed by atoms with Gasteiger partial charge in [0.1, 0.15) is 5.75 Å². The maximum Gasteiger partial charge on any atom is 0.573 e. The molecule has 0 radical (unpaired) electrons. The van der Waals surface area contributed by atoms with Crippen molar-refractivity contribution in [2.75, 3.05) is 0 Å². The first kappa shape index (κ1) is 20.2. The molecule has 0 bridgehead atoms. The number of tetrazole rings is 1. The first-order valence-electron chi connectivity index (χ1n) is 8.23. The maximum atomic E-state index is 12.3. The van der Waals surface area contributed by atoms with Crippen LogP contribution in [-0.4, -0.2) is 36.8 Å². The number of rotatable bonds is 6. The molecule has 0 unspecified atom stereocenters. The summed E-state index contributed by atoms with van der Waals surface area (Å²) in [6.45, 7) is 0. The standard InChI is InChI=1S/C17H10ClF3N6O2S/c18-11-3-1-10(2-4-11)15-23-22-14(28-15)9-30-16-24-25-26-27(16)12-5-7-13(8-6-12)29-17(19,20)21/h1-8H,9H2. The number of hydrogen-bond donors (Lipinski definition) is 0. The third-order valence-electron chi connectivity index (χ3n) is 3.64. The van der Waals surface area contributed by atoms with Crippen molar-refractivity contribution < 1.29 is 22.3 Å². The molecule has 2 aromatic carbocycles. The van der Waals surface area contributed by atoms with Crippen LogP contribution in [0.15, 0.2) is 58.1 Å². The predicted molar refractivity (Wildman–Crippen MR) is 100 cm³/mol. The normalized spacial score (nSPS) is 11.6. The summed E-state index contributed by atoms with van der Waals surface area (Å²) < 4.78 is 47.7. The average Bonchev–Trinajstić information content (AvgIpc) is 3.36. The molecule has 0 aliphatic carbocycles. The predicted octanol–water partition coefficient (Wildman–Crippen LogP) is 4.56. The Balaban J connectivity index is 1.44. The topological polar surface area (TPSA) is 91.8 Å². The van der Waals surface area contributed by atoms with Crippen LogP contribution in [0.2, 0.25) is 5.02 Å². The molecule has 0 fully saturated rings. The van der Waals surface area contributed by atoms with Gasteiger partial charge in [-0.05, 0) is 59.0 Å². The first-order chi connectivity index (χ1) is 14.4. The van der Waals surface area contributed by atoms with Gasteiger partial charge in [-0.25, -0.2) is 0 Å². The molecular weight excluding hydrogens is 445 g/mol. The molecule has 4 aromatic rings. The van der Waals surface area contributed by atoms with Crippen LogP contribution >= 0.6 is 23.4 Å². The van der Waals surface area contributed by atoms with Crippen molar-refractivity contribution in [2.45, 2.75) is 17.3 Å². The minimum absolute atomic E-state index is 0.288. The fourth-order valence-corrected chi connectivity index (χ4v) is 3.22. The molecule has 2 heterocycles. The number of hydrogen-bond acceptors (Lipinski definition) is 8. The van der Waals surface area contributed by atoms with Gasteiger partial charge in [0.05, 0.1) is 11.4 Å². The van der Waals surface area contributed by atoms with Gasteiger partial charge >= 0.3 is 6.36 Å². The lowest BCUT2D eigenvalue weighted by atomic mass is 10.2. The summed E-state index contributed by atoms with van der Waals surface area (Å²) in [5.74, 6) is 0.653. The smallest absolute Gasteiger partial charge is 0.420 e. The van der Waals surface area contributed by atoms with Crippen LogP contribution in [0.3, 0.4) is 0 Å². The molecule has 30 heavy (non-hydrogen) atoms. The van der Waals surface area contributed by atoms with E-state index in [4.69, 9.17) is 16.0 Å². The molecule has 2 aromatic heterocycles. The van der Waals surface area contributed by atoms with E-state index in [1.54, 1.807) is 24.3 Å². The number of nitrogens with zero attached hydrogens (tertiary/aromatic N) is 6. The van der Waals surface area contributed by atoms with E-state index in [0.717, 1.165) is 5.56 Å². The van der Waals surface area contributed by atoms with Crippen molar-refractivity contribution >= 4 is 23.4 Å². The zero-order valence-electron chi connectivity index (χ0n) is 14.7. The van der Waals surface area contributed by atoms with Crippen LogP contribution < -0.4 is 4.74 Å². The lowest BCUT2D eigenvalue weighted by Gasteiger charge is -2.09. The summed E-state index contributed by atoms with van der Waals surface area (Å²) in [5.41, 5.74) is 1.19. The second kappa shape index (κ2) is 8.32. The molecule has 0 N–H and O–H groups in total. The fraction of sp³-hybridized carbons (Fsp3) is 0.118. The van der Waals surface area contributed by atoms with E-state index < -0.39 is 6.36 Å². The van der Waals surface area contributed by atoms with Crippen molar-refractivity contribution in [2.24, 2.45) is 0 Å². The van der Waals surface area contributed by atoms with Gasteiger partial charge < -0.3 is 9.15 Å². The van der Waals surface area contributed by atoms with Gasteiger partial charge in [0, 0.05) is 10.6 Å². The second-order valence-corrected chi connectivity index (χ2v) is 7.09. The molecule has 0 amide bonds. The van der Waals surface area contributed by atoms with Crippen molar-refractivity contribution in [1.82, 2.24) is 30.4 Å². The van der Waals surface area contributed by atoms with Crippen LogP contribution in [0.1, 0.15) is 5.89 Å². The largest absolute Gasteiger partial charge is 0.573 e. The van der Waals surface area contributed by atoms with Crippen LogP contribution in [0.4, 0.5) is 13.2 Å². The molecule has 13 heteroatoms.